The second kappa shape index (κ2) is 6.73. The molecule has 4 nitrogen and oxygen atoms in total. The van der Waals surface area contributed by atoms with Gasteiger partial charge in [-0.3, -0.25) is 0 Å². The zero-order valence-corrected chi connectivity index (χ0v) is 13.7. The second-order valence-corrected chi connectivity index (χ2v) is 6.68. The summed E-state index contributed by atoms with van der Waals surface area (Å²) in [6, 6.07) is 14.3. The van der Waals surface area contributed by atoms with Gasteiger partial charge < -0.3 is 14.8 Å². The molecule has 2 bridgehead atoms. The van der Waals surface area contributed by atoms with Crippen LogP contribution in [0.3, 0.4) is 0 Å². The highest BCUT2D eigenvalue weighted by atomic mass is 19.1. The third-order valence-corrected chi connectivity index (χ3v) is 4.83. The van der Waals surface area contributed by atoms with Crippen LogP contribution in [-0.2, 0) is 0 Å². The molecule has 4 rings (SSSR count). The van der Waals surface area contributed by atoms with Crippen LogP contribution in [0.2, 0.25) is 0 Å². The van der Waals surface area contributed by atoms with E-state index in [1.54, 1.807) is 36.4 Å². The minimum Gasteiger partial charge on any atom is -0.490 e. The largest absolute Gasteiger partial charge is 0.490 e. The molecule has 2 aromatic carbocycles. The third-order valence-electron chi connectivity index (χ3n) is 4.83. The molecule has 2 aromatic rings. The molecular formula is C20H19FN2O2. The van der Waals surface area contributed by atoms with Crippen LogP contribution in [0.25, 0.3) is 0 Å². The van der Waals surface area contributed by atoms with Crippen molar-refractivity contribution in [2.45, 2.75) is 43.9 Å². The Bertz CT molecular complexity index is 806. The average molecular weight is 338 g/mol. The zero-order valence-electron chi connectivity index (χ0n) is 13.7. The molecule has 0 aliphatic carbocycles. The lowest BCUT2D eigenvalue weighted by Crippen LogP contribution is -2.42. The summed E-state index contributed by atoms with van der Waals surface area (Å²) in [4.78, 5) is 0. The number of ether oxygens (including phenoxy) is 2. The predicted molar refractivity (Wildman–Crippen MR) is 91.2 cm³/mol. The van der Waals surface area contributed by atoms with E-state index in [2.05, 4.69) is 5.32 Å². The van der Waals surface area contributed by atoms with E-state index in [1.807, 2.05) is 6.07 Å². The molecule has 1 N–H and O–H groups in total. The molecule has 2 aliphatic rings. The van der Waals surface area contributed by atoms with Crippen molar-refractivity contribution in [2.75, 3.05) is 0 Å². The van der Waals surface area contributed by atoms with E-state index in [0.717, 1.165) is 12.8 Å². The van der Waals surface area contributed by atoms with Gasteiger partial charge in [-0.2, -0.15) is 5.26 Å². The summed E-state index contributed by atoms with van der Waals surface area (Å²) in [5, 5.41) is 12.5. The number of nitrogens with one attached hydrogen (secondary N) is 1. The summed E-state index contributed by atoms with van der Waals surface area (Å²) in [6.45, 7) is 0. The van der Waals surface area contributed by atoms with Crippen LogP contribution in [0, 0.1) is 17.1 Å². The molecule has 0 aromatic heterocycles. The van der Waals surface area contributed by atoms with Gasteiger partial charge in [0.25, 0.3) is 0 Å². The first-order chi connectivity index (χ1) is 12.2. The Morgan fingerprint density at radius 3 is 2.60 bits per heavy atom. The van der Waals surface area contributed by atoms with Crippen molar-refractivity contribution < 1.29 is 13.9 Å². The fourth-order valence-electron chi connectivity index (χ4n) is 3.69. The maximum atomic E-state index is 14.1. The van der Waals surface area contributed by atoms with Crippen molar-refractivity contribution in [3.8, 4) is 23.3 Å². The molecule has 25 heavy (non-hydrogen) atoms. The Balaban J connectivity index is 1.49. The molecule has 2 saturated heterocycles. The van der Waals surface area contributed by atoms with Gasteiger partial charge in [0, 0.05) is 18.2 Å². The first-order valence-corrected chi connectivity index (χ1v) is 8.60. The van der Waals surface area contributed by atoms with Crippen LogP contribution in [0.15, 0.2) is 42.5 Å². The Morgan fingerprint density at radius 2 is 1.84 bits per heavy atom. The number of fused-ring (bicyclic) bond motifs is 2. The lowest BCUT2D eigenvalue weighted by Gasteiger charge is -2.29. The first kappa shape index (κ1) is 15.9. The molecular weight excluding hydrogens is 319 g/mol. The molecule has 2 fully saturated rings. The highest BCUT2D eigenvalue weighted by Crippen LogP contribution is 2.33. The van der Waals surface area contributed by atoms with Crippen LogP contribution in [0.5, 0.6) is 17.2 Å². The van der Waals surface area contributed by atoms with Gasteiger partial charge in [-0.15, -0.1) is 0 Å². The zero-order chi connectivity index (χ0) is 17.2. The number of halogens is 1. The Hall–Kier alpha value is -2.58. The molecule has 0 amide bonds. The number of piperidine rings is 1. The number of nitrogens with zero attached hydrogens (tertiary/aromatic N) is 1. The molecule has 0 unspecified atom stereocenters. The standard InChI is InChI=1S/C20H19FN2O2/c21-19-7-6-17(24-18-9-14-4-5-15(10-18)23-14)11-20(19)25-16-3-1-2-13(8-16)12-22/h1-3,6-8,11,14-15,18,23H,4-5,9-10H2/t14-,15+,18-. The van der Waals surface area contributed by atoms with Crippen molar-refractivity contribution in [3.05, 3.63) is 53.8 Å². The molecule has 2 aliphatic heterocycles. The van der Waals surface area contributed by atoms with Crippen LogP contribution in [0.4, 0.5) is 4.39 Å². The lowest BCUT2D eigenvalue weighted by molar-refractivity contribution is 0.137. The minimum atomic E-state index is -0.458. The summed E-state index contributed by atoms with van der Waals surface area (Å²) < 4.78 is 25.8. The Labute approximate surface area is 146 Å². The van der Waals surface area contributed by atoms with Crippen molar-refractivity contribution in [2.24, 2.45) is 0 Å². The Morgan fingerprint density at radius 1 is 1.04 bits per heavy atom. The summed E-state index contributed by atoms with van der Waals surface area (Å²) in [6.07, 6.45) is 4.52. The van der Waals surface area contributed by atoms with Gasteiger partial charge in [0.2, 0.25) is 0 Å². The molecule has 5 heteroatoms. The van der Waals surface area contributed by atoms with Crippen molar-refractivity contribution in [3.63, 3.8) is 0 Å². The first-order valence-electron chi connectivity index (χ1n) is 8.60. The van der Waals surface area contributed by atoms with Gasteiger partial charge in [0.15, 0.2) is 11.6 Å². The third kappa shape index (κ3) is 3.59. The van der Waals surface area contributed by atoms with Crippen LogP contribution in [-0.4, -0.2) is 18.2 Å². The Kier molecular flexibility index (Phi) is 4.29. The molecule has 2 heterocycles. The van der Waals surface area contributed by atoms with E-state index in [4.69, 9.17) is 14.7 Å². The van der Waals surface area contributed by atoms with Gasteiger partial charge in [-0.25, -0.2) is 4.39 Å². The van der Waals surface area contributed by atoms with E-state index < -0.39 is 5.82 Å². The van der Waals surface area contributed by atoms with Crippen molar-refractivity contribution in [1.82, 2.24) is 5.32 Å². The van der Waals surface area contributed by atoms with Crippen LogP contribution in [0.1, 0.15) is 31.2 Å². The summed E-state index contributed by atoms with van der Waals surface area (Å²) >= 11 is 0. The van der Waals surface area contributed by atoms with Crippen molar-refractivity contribution in [1.29, 1.82) is 5.26 Å². The smallest absolute Gasteiger partial charge is 0.166 e. The van der Waals surface area contributed by atoms with Gasteiger partial charge in [-0.05, 0) is 56.0 Å². The number of benzene rings is 2. The van der Waals surface area contributed by atoms with Gasteiger partial charge in [-0.1, -0.05) is 6.07 Å². The van der Waals surface area contributed by atoms with Crippen molar-refractivity contribution >= 4 is 0 Å². The predicted octanol–water partition coefficient (Wildman–Crippen LogP) is 4.15. The molecule has 128 valence electrons. The number of nitriles is 1. The molecule has 0 radical (unpaired) electrons. The molecule has 3 atom stereocenters. The van der Waals surface area contributed by atoms with Gasteiger partial charge in [0.05, 0.1) is 11.6 Å². The van der Waals surface area contributed by atoms with E-state index in [-0.39, 0.29) is 11.9 Å². The fourth-order valence-corrected chi connectivity index (χ4v) is 3.69. The van der Waals surface area contributed by atoms with Crippen LogP contribution < -0.4 is 14.8 Å². The van der Waals surface area contributed by atoms with E-state index in [0.29, 0.717) is 29.1 Å². The number of rotatable bonds is 4. The maximum absolute atomic E-state index is 14.1. The lowest BCUT2D eigenvalue weighted by atomic mass is 10.0. The number of hydrogen-bond acceptors (Lipinski definition) is 4. The fraction of sp³-hybridized carbons (Fsp3) is 0.350. The maximum Gasteiger partial charge on any atom is 0.166 e. The molecule has 0 spiro atoms. The highest BCUT2D eigenvalue weighted by Gasteiger charge is 2.34. The van der Waals surface area contributed by atoms with E-state index in [9.17, 15) is 4.39 Å². The normalized spacial score (nSPS) is 24.6. The van der Waals surface area contributed by atoms with E-state index in [1.165, 1.54) is 18.9 Å². The summed E-state index contributed by atoms with van der Waals surface area (Å²) in [7, 11) is 0. The van der Waals surface area contributed by atoms with Gasteiger partial charge >= 0.3 is 0 Å². The second-order valence-electron chi connectivity index (χ2n) is 6.68. The SMILES string of the molecule is N#Cc1cccc(Oc2cc(O[C@@H]3C[C@H]4CC[C@@H](C3)N4)ccc2F)c1. The molecule has 0 saturated carbocycles. The van der Waals surface area contributed by atoms with E-state index >= 15 is 0 Å². The minimum absolute atomic E-state index is 0.101. The van der Waals surface area contributed by atoms with Gasteiger partial charge in [0.1, 0.15) is 17.6 Å². The quantitative estimate of drug-likeness (QED) is 0.910. The topological polar surface area (TPSA) is 54.3 Å². The summed E-state index contributed by atoms with van der Waals surface area (Å²) in [5.41, 5.74) is 0.468. The average Bonchev–Trinajstić information content (AvgIpc) is 2.96. The van der Waals surface area contributed by atoms with Crippen LogP contribution >= 0.6 is 0 Å². The highest BCUT2D eigenvalue weighted by molar-refractivity contribution is 5.41. The number of hydrogen-bond donors (Lipinski definition) is 1. The monoisotopic (exact) mass is 338 g/mol. The summed E-state index contributed by atoms with van der Waals surface area (Å²) in [5.74, 6) is 0.679.